The first-order valence-corrected chi connectivity index (χ1v) is 12.5. The largest absolute Gasteiger partial charge is 0.488 e. The van der Waals surface area contributed by atoms with Crippen molar-refractivity contribution in [1.82, 2.24) is 9.71 Å². The van der Waals surface area contributed by atoms with Gasteiger partial charge in [0.2, 0.25) is 5.91 Å². The summed E-state index contributed by atoms with van der Waals surface area (Å²) in [6.45, 7) is 4.32. The molecule has 1 amide bonds. The maximum atomic E-state index is 13.4. The van der Waals surface area contributed by atoms with E-state index in [9.17, 15) is 13.2 Å². The Bertz CT molecular complexity index is 1280. The number of sulfonamides is 1. The highest BCUT2D eigenvalue weighted by Crippen LogP contribution is 2.52. The number of fused-ring (bicyclic) bond motifs is 1. The molecular formula is C25H28N2O5S. The van der Waals surface area contributed by atoms with Crippen molar-refractivity contribution in [3.05, 3.63) is 65.9 Å². The fourth-order valence-corrected chi connectivity index (χ4v) is 5.36. The fraction of sp³-hybridized carbons (Fsp3) is 0.360. The van der Waals surface area contributed by atoms with Crippen LogP contribution in [0, 0.1) is 0 Å². The second kappa shape index (κ2) is 9.11. The minimum absolute atomic E-state index is 0.0322. The number of rotatable bonds is 9. The maximum absolute atomic E-state index is 13.4. The van der Waals surface area contributed by atoms with Gasteiger partial charge in [0.15, 0.2) is 0 Å². The van der Waals surface area contributed by atoms with Gasteiger partial charge in [0, 0.05) is 24.3 Å². The van der Waals surface area contributed by atoms with Crippen LogP contribution < -0.4 is 9.46 Å². The molecular weight excluding hydrogens is 440 g/mol. The molecule has 1 aliphatic carbocycles. The lowest BCUT2D eigenvalue weighted by Gasteiger charge is -2.23. The van der Waals surface area contributed by atoms with Crippen LogP contribution in [0.3, 0.4) is 0 Å². The van der Waals surface area contributed by atoms with Gasteiger partial charge in [-0.2, -0.15) is 0 Å². The highest BCUT2D eigenvalue weighted by atomic mass is 32.2. The van der Waals surface area contributed by atoms with Crippen molar-refractivity contribution in [2.75, 3.05) is 13.7 Å². The third-order valence-corrected chi connectivity index (χ3v) is 7.39. The number of nitrogens with zero attached hydrogens (tertiary/aromatic N) is 1. The van der Waals surface area contributed by atoms with Gasteiger partial charge in [0.1, 0.15) is 11.9 Å². The highest BCUT2D eigenvalue weighted by molar-refractivity contribution is 7.90. The van der Waals surface area contributed by atoms with Crippen LogP contribution in [0.2, 0.25) is 0 Å². The van der Waals surface area contributed by atoms with Crippen LogP contribution in [0.15, 0.2) is 59.6 Å². The molecule has 1 aliphatic rings. The zero-order valence-corrected chi connectivity index (χ0v) is 19.8. The summed E-state index contributed by atoms with van der Waals surface area (Å²) in [7, 11) is -2.50. The summed E-state index contributed by atoms with van der Waals surface area (Å²) >= 11 is 0. The molecule has 0 spiro atoms. The standard InChI is InChI=1S/C25H28N2O5S/c1-4-18-10-11-22(32-17(2)16-31-3)20(15-18)25(12-13-25)24(28)27-33(29,30)23-9-5-8-21-19(23)7-6-14-26-21/h5-11,14-15,17H,4,12-13,16H2,1-3H3,(H,27,28)/t17-/m1/s1. The van der Waals surface area contributed by atoms with Crippen molar-refractivity contribution in [3.63, 3.8) is 0 Å². The molecule has 1 N–H and O–H groups in total. The fourth-order valence-electron chi connectivity index (χ4n) is 4.09. The molecule has 33 heavy (non-hydrogen) atoms. The third kappa shape index (κ3) is 4.58. The summed E-state index contributed by atoms with van der Waals surface area (Å²) in [5.41, 5.74) is 1.38. The van der Waals surface area contributed by atoms with Gasteiger partial charge in [-0.3, -0.25) is 9.78 Å². The lowest BCUT2D eigenvalue weighted by atomic mass is 9.92. The molecule has 1 heterocycles. The van der Waals surface area contributed by atoms with E-state index in [1.165, 1.54) is 6.07 Å². The average molecular weight is 469 g/mol. The number of nitrogens with one attached hydrogen (secondary N) is 1. The van der Waals surface area contributed by atoms with E-state index in [1.54, 1.807) is 37.6 Å². The Morgan fingerprint density at radius 3 is 2.67 bits per heavy atom. The van der Waals surface area contributed by atoms with Crippen molar-refractivity contribution in [1.29, 1.82) is 0 Å². The first kappa shape index (κ1) is 23.2. The van der Waals surface area contributed by atoms with Crippen LogP contribution in [0.1, 0.15) is 37.8 Å². The molecule has 0 unspecified atom stereocenters. The molecule has 8 heteroatoms. The molecule has 0 bridgehead atoms. The SMILES string of the molecule is CCc1ccc(O[C@H](C)COC)c(C2(C(=O)NS(=O)(=O)c3cccc4ncccc34)CC2)c1. The summed E-state index contributed by atoms with van der Waals surface area (Å²) in [5, 5.41) is 0.468. The molecule has 0 saturated heterocycles. The monoisotopic (exact) mass is 468 g/mol. The van der Waals surface area contributed by atoms with Crippen LogP contribution in [0.4, 0.5) is 0 Å². The van der Waals surface area contributed by atoms with Gasteiger partial charge < -0.3 is 9.47 Å². The number of hydrogen-bond donors (Lipinski definition) is 1. The molecule has 1 saturated carbocycles. The molecule has 174 valence electrons. The van der Waals surface area contributed by atoms with E-state index in [0.717, 1.165) is 17.5 Å². The minimum atomic E-state index is -4.10. The Balaban J connectivity index is 1.68. The summed E-state index contributed by atoms with van der Waals surface area (Å²) in [6.07, 6.45) is 3.27. The normalized spacial score (nSPS) is 15.7. The van der Waals surface area contributed by atoms with E-state index in [-0.39, 0.29) is 11.0 Å². The first-order chi connectivity index (χ1) is 15.8. The Kier molecular flexibility index (Phi) is 6.41. The first-order valence-electron chi connectivity index (χ1n) is 11.0. The maximum Gasteiger partial charge on any atom is 0.264 e. The van der Waals surface area contributed by atoms with Crippen LogP contribution in [0.25, 0.3) is 10.9 Å². The van der Waals surface area contributed by atoms with Crippen LogP contribution >= 0.6 is 0 Å². The van der Waals surface area contributed by atoms with Crippen LogP contribution in [-0.4, -0.2) is 39.1 Å². The number of carbonyl (C=O) groups excluding carboxylic acids is 1. The van der Waals surface area contributed by atoms with Gasteiger partial charge in [-0.05, 0) is 62.1 Å². The molecule has 0 radical (unpaired) electrons. The van der Waals surface area contributed by atoms with E-state index in [0.29, 0.717) is 36.1 Å². The van der Waals surface area contributed by atoms with E-state index < -0.39 is 21.3 Å². The molecule has 3 aromatic rings. The van der Waals surface area contributed by atoms with Gasteiger partial charge in [-0.15, -0.1) is 0 Å². The smallest absolute Gasteiger partial charge is 0.264 e. The number of hydrogen-bond acceptors (Lipinski definition) is 6. The summed E-state index contributed by atoms with van der Waals surface area (Å²) in [5.74, 6) is 0.0389. The number of aryl methyl sites for hydroxylation is 1. The lowest BCUT2D eigenvalue weighted by Crippen LogP contribution is -2.39. The van der Waals surface area contributed by atoms with Crippen molar-refractivity contribution in [2.45, 2.75) is 49.5 Å². The Labute approximate surface area is 194 Å². The topological polar surface area (TPSA) is 94.6 Å². The quantitative estimate of drug-likeness (QED) is 0.514. The van der Waals surface area contributed by atoms with Crippen LogP contribution in [-0.2, 0) is 31.4 Å². The molecule has 4 rings (SSSR count). The zero-order valence-electron chi connectivity index (χ0n) is 19.0. The molecule has 0 aliphatic heterocycles. The highest BCUT2D eigenvalue weighted by Gasteiger charge is 2.54. The van der Waals surface area contributed by atoms with E-state index in [4.69, 9.17) is 9.47 Å². The predicted molar refractivity (Wildman–Crippen MR) is 126 cm³/mol. The number of aromatic nitrogens is 1. The van der Waals surface area contributed by atoms with Crippen molar-refractivity contribution >= 4 is 26.8 Å². The second-order valence-electron chi connectivity index (χ2n) is 8.41. The van der Waals surface area contributed by atoms with Gasteiger partial charge >= 0.3 is 0 Å². The summed E-state index contributed by atoms with van der Waals surface area (Å²) in [4.78, 5) is 17.7. The number of pyridine rings is 1. The van der Waals surface area contributed by atoms with Gasteiger partial charge in [-0.25, -0.2) is 13.1 Å². The van der Waals surface area contributed by atoms with Gasteiger partial charge in [0.25, 0.3) is 10.0 Å². The van der Waals surface area contributed by atoms with E-state index >= 15 is 0 Å². The van der Waals surface area contributed by atoms with Crippen molar-refractivity contribution in [3.8, 4) is 5.75 Å². The second-order valence-corrected chi connectivity index (χ2v) is 10.1. The molecule has 1 atom stereocenters. The Morgan fingerprint density at radius 2 is 1.97 bits per heavy atom. The zero-order chi connectivity index (χ0) is 23.6. The number of carbonyl (C=O) groups is 1. The average Bonchev–Trinajstić information content (AvgIpc) is 3.61. The number of benzene rings is 2. The predicted octanol–water partition coefficient (Wildman–Crippen LogP) is 3.75. The minimum Gasteiger partial charge on any atom is -0.488 e. The van der Waals surface area contributed by atoms with Crippen molar-refractivity contribution < 1.29 is 22.7 Å². The number of ether oxygens (including phenoxy) is 2. The summed E-state index contributed by atoms with van der Waals surface area (Å²) < 4.78 is 40.0. The Morgan fingerprint density at radius 1 is 1.18 bits per heavy atom. The number of methoxy groups -OCH3 is 1. The molecule has 1 aromatic heterocycles. The van der Waals surface area contributed by atoms with E-state index in [2.05, 4.69) is 9.71 Å². The third-order valence-electron chi connectivity index (χ3n) is 6.00. The van der Waals surface area contributed by atoms with Gasteiger partial charge in [-0.1, -0.05) is 25.1 Å². The van der Waals surface area contributed by atoms with Crippen molar-refractivity contribution in [2.24, 2.45) is 0 Å². The molecule has 7 nitrogen and oxygen atoms in total. The molecule has 2 aromatic carbocycles. The number of amides is 1. The van der Waals surface area contributed by atoms with Gasteiger partial charge in [0.05, 0.1) is 22.4 Å². The van der Waals surface area contributed by atoms with Crippen LogP contribution in [0.5, 0.6) is 5.75 Å². The summed E-state index contributed by atoms with van der Waals surface area (Å²) in [6, 6.07) is 14.0. The lowest BCUT2D eigenvalue weighted by molar-refractivity contribution is -0.121. The van der Waals surface area contributed by atoms with E-state index in [1.807, 2.05) is 32.0 Å². The Hall–Kier alpha value is -2.97. The molecule has 1 fully saturated rings.